The van der Waals surface area contributed by atoms with Crippen molar-refractivity contribution in [3.05, 3.63) is 94.9 Å². The molecule has 0 saturated carbocycles. The standard InChI is InChI=1S/C33H34FNO6/c1-23-29(7-5-9-31(36)37)30-8-4-6-25(33(30)35(23)22-32(38)39)13-10-24-11-16-27(17-12-24)40-20-2-3-21-41-28-18-14-26(34)15-19-28/h4,6,8,10-19H,2-3,5,7,9,20-22H2,1H3,(H,36,37)(H,38,39). The first-order valence-corrected chi connectivity index (χ1v) is 13.7. The van der Waals surface area contributed by atoms with Gasteiger partial charge in [0.15, 0.2) is 0 Å². The maximum Gasteiger partial charge on any atom is 0.323 e. The summed E-state index contributed by atoms with van der Waals surface area (Å²) in [5.74, 6) is -0.651. The molecule has 0 aliphatic carbocycles. The summed E-state index contributed by atoms with van der Waals surface area (Å²) >= 11 is 0. The Hall–Kier alpha value is -4.59. The third kappa shape index (κ3) is 8.20. The van der Waals surface area contributed by atoms with Crippen molar-refractivity contribution in [2.75, 3.05) is 13.2 Å². The van der Waals surface area contributed by atoms with Gasteiger partial charge in [-0.1, -0.05) is 42.5 Å². The van der Waals surface area contributed by atoms with Gasteiger partial charge >= 0.3 is 11.9 Å². The molecule has 41 heavy (non-hydrogen) atoms. The summed E-state index contributed by atoms with van der Waals surface area (Å²) in [6, 6.07) is 19.6. The van der Waals surface area contributed by atoms with Crippen LogP contribution in [0.1, 0.15) is 48.1 Å². The maximum absolute atomic E-state index is 12.9. The van der Waals surface area contributed by atoms with Crippen LogP contribution in [-0.2, 0) is 22.6 Å². The van der Waals surface area contributed by atoms with Crippen LogP contribution < -0.4 is 9.47 Å². The number of aromatic nitrogens is 1. The molecule has 0 unspecified atom stereocenters. The van der Waals surface area contributed by atoms with E-state index in [0.717, 1.165) is 51.9 Å². The molecular weight excluding hydrogens is 525 g/mol. The molecule has 0 aliphatic rings. The van der Waals surface area contributed by atoms with Gasteiger partial charge in [-0.25, -0.2) is 4.39 Å². The van der Waals surface area contributed by atoms with Crippen LogP contribution in [0.5, 0.6) is 11.5 Å². The Morgan fingerprint density at radius 1 is 0.829 bits per heavy atom. The van der Waals surface area contributed by atoms with Gasteiger partial charge in [-0.05, 0) is 85.7 Å². The fourth-order valence-electron chi connectivity index (χ4n) is 4.81. The molecule has 0 spiro atoms. The molecule has 0 saturated heterocycles. The van der Waals surface area contributed by atoms with Gasteiger partial charge in [0.1, 0.15) is 23.9 Å². The summed E-state index contributed by atoms with van der Waals surface area (Å²) in [5.41, 5.74) is 4.52. The van der Waals surface area contributed by atoms with Crippen LogP contribution >= 0.6 is 0 Å². The maximum atomic E-state index is 12.9. The molecule has 8 heteroatoms. The highest BCUT2D eigenvalue weighted by Crippen LogP contribution is 2.31. The van der Waals surface area contributed by atoms with Gasteiger partial charge < -0.3 is 24.3 Å². The topological polar surface area (TPSA) is 98.0 Å². The lowest BCUT2D eigenvalue weighted by Gasteiger charge is -2.08. The summed E-state index contributed by atoms with van der Waals surface area (Å²) < 4.78 is 26.2. The van der Waals surface area contributed by atoms with Crippen LogP contribution in [0, 0.1) is 12.7 Å². The number of carboxylic acids is 2. The van der Waals surface area contributed by atoms with Crippen molar-refractivity contribution in [1.82, 2.24) is 4.57 Å². The highest BCUT2D eigenvalue weighted by molar-refractivity contribution is 5.95. The lowest BCUT2D eigenvalue weighted by Crippen LogP contribution is -2.10. The van der Waals surface area contributed by atoms with Crippen molar-refractivity contribution >= 4 is 35.0 Å². The fourth-order valence-corrected chi connectivity index (χ4v) is 4.81. The second-order valence-electron chi connectivity index (χ2n) is 9.79. The number of carboxylic acid groups (broad SMARTS) is 2. The molecular formula is C33H34FNO6. The summed E-state index contributed by atoms with van der Waals surface area (Å²) in [7, 11) is 0. The Morgan fingerprint density at radius 3 is 2.07 bits per heavy atom. The summed E-state index contributed by atoms with van der Waals surface area (Å²) in [4.78, 5) is 22.7. The molecule has 4 rings (SSSR count). The first-order valence-electron chi connectivity index (χ1n) is 13.7. The van der Waals surface area contributed by atoms with Gasteiger partial charge in [0, 0.05) is 17.5 Å². The van der Waals surface area contributed by atoms with Crippen LogP contribution in [-0.4, -0.2) is 39.9 Å². The van der Waals surface area contributed by atoms with Crippen molar-refractivity contribution in [1.29, 1.82) is 0 Å². The average Bonchev–Trinajstić information content (AvgIpc) is 3.21. The third-order valence-electron chi connectivity index (χ3n) is 6.84. The number of para-hydroxylation sites is 1. The van der Waals surface area contributed by atoms with E-state index in [1.54, 1.807) is 16.7 Å². The third-order valence-corrected chi connectivity index (χ3v) is 6.84. The van der Waals surface area contributed by atoms with E-state index in [2.05, 4.69) is 0 Å². The Bertz CT molecular complexity index is 1510. The molecule has 7 nitrogen and oxygen atoms in total. The first-order chi connectivity index (χ1) is 19.8. The largest absolute Gasteiger partial charge is 0.494 e. The smallest absolute Gasteiger partial charge is 0.323 e. The number of fused-ring (bicyclic) bond motifs is 1. The molecule has 3 aromatic carbocycles. The SMILES string of the molecule is Cc1c(CCCC(=O)O)c2cccc(C=Cc3ccc(OCCCCOc4ccc(F)cc4)cc3)c2n1CC(=O)O. The first kappa shape index (κ1) is 29.4. The second kappa shape index (κ2) is 14.2. The molecule has 0 radical (unpaired) electrons. The Labute approximate surface area is 238 Å². The Kier molecular flexibility index (Phi) is 10.2. The normalized spacial score (nSPS) is 11.3. The molecule has 0 fully saturated rings. The van der Waals surface area contributed by atoms with Crippen LogP contribution in [0.4, 0.5) is 4.39 Å². The van der Waals surface area contributed by atoms with Crippen molar-refractivity contribution in [3.8, 4) is 11.5 Å². The predicted molar refractivity (Wildman–Crippen MR) is 157 cm³/mol. The van der Waals surface area contributed by atoms with E-state index >= 15 is 0 Å². The van der Waals surface area contributed by atoms with Crippen molar-refractivity contribution in [2.45, 2.75) is 45.6 Å². The lowest BCUT2D eigenvalue weighted by atomic mass is 10.0. The molecule has 214 valence electrons. The number of benzene rings is 3. The van der Waals surface area contributed by atoms with Gasteiger partial charge in [-0.2, -0.15) is 0 Å². The summed E-state index contributed by atoms with van der Waals surface area (Å²) in [5, 5.41) is 19.5. The number of carbonyl (C=O) groups is 2. The monoisotopic (exact) mass is 559 g/mol. The zero-order chi connectivity index (χ0) is 29.2. The van der Waals surface area contributed by atoms with E-state index in [4.69, 9.17) is 14.6 Å². The predicted octanol–water partition coefficient (Wildman–Crippen LogP) is 6.99. The zero-order valence-electron chi connectivity index (χ0n) is 23.0. The van der Waals surface area contributed by atoms with Gasteiger partial charge in [0.2, 0.25) is 0 Å². The molecule has 1 heterocycles. The van der Waals surface area contributed by atoms with E-state index in [9.17, 15) is 19.1 Å². The Morgan fingerprint density at radius 2 is 1.46 bits per heavy atom. The average molecular weight is 560 g/mol. The molecule has 0 bridgehead atoms. The van der Waals surface area contributed by atoms with Crippen molar-refractivity contribution < 1.29 is 33.7 Å². The number of aliphatic carboxylic acids is 2. The number of unbranched alkanes of at least 4 members (excludes halogenated alkanes) is 1. The van der Waals surface area contributed by atoms with E-state index in [0.29, 0.717) is 31.8 Å². The molecule has 0 atom stereocenters. The van der Waals surface area contributed by atoms with Gasteiger partial charge in [-0.15, -0.1) is 0 Å². The summed E-state index contributed by atoms with van der Waals surface area (Å²) in [6.07, 6.45) is 6.70. The number of aryl methyl sites for hydroxylation is 1. The van der Waals surface area contributed by atoms with E-state index in [1.807, 2.05) is 61.5 Å². The van der Waals surface area contributed by atoms with Crippen LogP contribution in [0.3, 0.4) is 0 Å². The van der Waals surface area contributed by atoms with E-state index < -0.39 is 11.9 Å². The van der Waals surface area contributed by atoms with Crippen LogP contribution in [0.2, 0.25) is 0 Å². The fraction of sp³-hybridized carbons (Fsp3) is 0.273. The minimum absolute atomic E-state index is 0.0658. The van der Waals surface area contributed by atoms with E-state index in [-0.39, 0.29) is 18.8 Å². The number of ether oxygens (including phenoxy) is 2. The molecule has 1 aromatic heterocycles. The number of hydrogen-bond acceptors (Lipinski definition) is 4. The highest BCUT2D eigenvalue weighted by atomic mass is 19.1. The summed E-state index contributed by atoms with van der Waals surface area (Å²) in [6.45, 7) is 2.81. The van der Waals surface area contributed by atoms with Crippen LogP contribution in [0.15, 0.2) is 66.7 Å². The number of nitrogens with zero attached hydrogens (tertiary/aromatic N) is 1. The van der Waals surface area contributed by atoms with Gasteiger partial charge in [0.25, 0.3) is 0 Å². The van der Waals surface area contributed by atoms with E-state index in [1.165, 1.54) is 12.1 Å². The number of halogens is 1. The van der Waals surface area contributed by atoms with Crippen molar-refractivity contribution in [3.63, 3.8) is 0 Å². The molecule has 2 N–H and O–H groups in total. The van der Waals surface area contributed by atoms with Crippen molar-refractivity contribution in [2.24, 2.45) is 0 Å². The molecule has 0 amide bonds. The quantitative estimate of drug-likeness (QED) is 0.120. The molecule has 0 aliphatic heterocycles. The Balaban J connectivity index is 1.37. The second-order valence-corrected chi connectivity index (χ2v) is 9.79. The lowest BCUT2D eigenvalue weighted by molar-refractivity contribution is -0.138. The van der Waals surface area contributed by atoms with Gasteiger partial charge in [-0.3, -0.25) is 9.59 Å². The number of rotatable bonds is 15. The highest BCUT2D eigenvalue weighted by Gasteiger charge is 2.18. The number of hydrogen-bond donors (Lipinski definition) is 2. The van der Waals surface area contributed by atoms with Crippen LogP contribution in [0.25, 0.3) is 23.1 Å². The minimum atomic E-state index is -0.933. The zero-order valence-corrected chi connectivity index (χ0v) is 23.0. The molecule has 4 aromatic rings. The minimum Gasteiger partial charge on any atom is -0.494 e. The van der Waals surface area contributed by atoms with Gasteiger partial charge in [0.05, 0.1) is 18.7 Å².